The van der Waals surface area contributed by atoms with Gasteiger partial charge in [-0.3, -0.25) is 9.89 Å². The maximum Gasteiger partial charge on any atom is 0.244 e. The number of aromatic amines is 1. The lowest BCUT2D eigenvalue weighted by Gasteiger charge is -2.22. The van der Waals surface area contributed by atoms with Crippen LogP contribution in [0.5, 0.6) is 0 Å². The molecule has 6 nitrogen and oxygen atoms in total. The summed E-state index contributed by atoms with van der Waals surface area (Å²) in [4.78, 5) is 14.6. The van der Waals surface area contributed by atoms with E-state index in [9.17, 15) is 4.79 Å². The third-order valence-electron chi connectivity index (χ3n) is 4.78. The van der Waals surface area contributed by atoms with Gasteiger partial charge in [-0.1, -0.05) is 28.1 Å². The van der Waals surface area contributed by atoms with Crippen LogP contribution in [0, 0.1) is 0 Å². The highest BCUT2D eigenvalue weighted by Crippen LogP contribution is 2.23. The van der Waals surface area contributed by atoms with Gasteiger partial charge in [0.2, 0.25) is 5.91 Å². The van der Waals surface area contributed by atoms with E-state index in [1.54, 1.807) is 0 Å². The van der Waals surface area contributed by atoms with E-state index >= 15 is 0 Å². The molecule has 0 saturated carbocycles. The average molecular weight is 414 g/mol. The van der Waals surface area contributed by atoms with E-state index in [0.29, 0.717) is 13.1 Å². The summed E-state index contributed by atoms with van der Waals surface area (Å²) in [5.74, 6) is -0.0299. The third-order valence-corrected chi connectivity index (χ3v) is 5.28. The SMILES string of the molecule is NC(C(=O)N1CCC(Nc2ccc3[nH]ncc3c2)C1)c1cccc(Br)c1. The lowest BCUT2D eigenvalue weighted by Crippen LogP contribution is -2.38. The molecule has 0 spiro atoms. The molecule has 2 unspecified atom stereocenters. The Balaban J connectivity index is 1.40. The number of H-pyrrole nitrogens is 1. The quantitative estimate of drug-likeness (QED) is 0.613. The van der Waals surface area contributed by atoms with Crippen molar-refractivity contribution in [3.8, 4) is 0 Å². The first-order valence-electron chi connectivity index (χ1n) is 8.59. The highest BCUT2D eigenvalue weighted by Gasteiger charge is 2.30. The van der Waals surface area contributed by atoms with Gasteiger partial charge in [0.1, 0.15) is 6.04 Å². The summed E-state index contributed by atoms with van der Waals surface area (Å²) in [6, 6.07) is 13.3. The molecule has 134 valence electrons. The number of fused-ring (bicyclic) bond motifs is 1. The minimum Gasteiger partial charge on any atom is -0.380 e. The number of hydrogen-bond donors (Lipinski definition) is 3. The number of hydrogen-bond acceptors (Lipinski definition) is 4. The number of likely N-dealkylation sites (tertiary alicyclic amines) is 1. The summed E-state index contributed by atoms with van der Waals surface area (Å²) >= 11 is 3.43. The second kappa shape index (κ2) is 7.09. The van der Waals surface area contributed by atoms with Crippen LogP contribution >= 0.6 is 15.9 Å². The van der Waals surface area contributed by atoms with Crippen LogP contribution in [0.1, 0.15) is 18.0 Å². The fourth-order valence-corrected chi connectivity index (χ4v) is 3.80. The van der Waals surface area contributed by atoms with Gasteiger partial charge in [-0.2, -0.15) is 5.10 Å². The molecular weight excluding hydrogens is 394 g/mol. The molecule has 1 fully saturated rings. The monoisotopic (exact) mass is 413 g/mol. The van der Waals surface area contributed by atoms with Gasteiger partial charge in [-0.05, 0) is 42.3 Å². The molecule has 3 aromatic rings. The van der Waals surface area contributed by atoms with Crippen LogP contribution in [-0.4, -0.2) is 40.1 Å². The van der Waals surface area contributed by atoms with E-state index in [1.807, 2.05) is 47.5 Å². The van der Waals surface area contributed by atoms with E-state index in [4.69, 9.17) is 5.73 Å². The number of nitrogens with zero attached hydrogens (tertiary/aromatic N) is 2. The Labute approximate surface area is 159 Å². The van der Waals surface area contributed by atoms with Gasteiger partial charge in [-0.15, -0.1) is 0 Å². The Morgan fingerprint density at radius 3 is 3.08 bits per heavy atom. The molecule has 26 heavy (non-hydrogen) atoms. The van der Waals surface area contributed by atoms with Crippen molar-refractivity contribution in [2.75, 3.05) is 18.4 Å². The normalized spacial score (nSPS) is 18.2. The molecule has 2 heterocycles. The number of carbonyl (C=O) groups excluding carboxylic acids is 1. The molecular formula is C19H20BrN5O. The topological polar surface area (TPSA) is 87.0 Å². The number of amides is 1. The van der Waals surface area contributed by atoms with Crippen LogP contribution in [0.25, 0.3) is 10.9 Å². The van der Waals surface area contributed by atoms with Gasteiger partial charge >= 0.3 is 0 Å². The molecule has 1 aliphatic heterocycles. The van der Waals surface area contributed by atoms with Crippen molar-refractivity contribution in [1.82, 2.24) is 15.1 Å². The van der Waals surface area contributed by atoms with Crippen LogP contribution in [0.3, 0.4) is 0 Å². The van der Waals surface area contributed by atoms with E-state index < -0.39 is 6.04 Å². The smallest absolute Gasteiger partial charge is 0.244 e. The van der Waals surface area contributed by atoms with Crippen LogP contribution in [0.4, 0.5) is 5.69 Å². The molecule has 4 N–H and O–H groups in total. The number of halogens is 1. The number of nitrogens with one attached hydrogen (secondary N) is 2. The summed E-state index contributed by atoms with van der Waals surface area (Å²) in [7, 11) is 0. The summed E-state index contributed by atoms with van der Waals surface area (Å²) < 4.78 is 0.925. The number of nitrogens with two attached hydrogens (primary N) is 1. The van der Waals surface area contributed by atoms with Crippen LogP contribution < -0.4 is 11.1 Å². The largest absolute Gasteiger partial charge is 0.380 e. The summed E-state index contributed by atoms with van der Waals surface area (Å²) in [6.07, 6.45) is 2.71. The predicted molar refractivity (Wildman–Crippen MR) is 106 cm³/mol. The first kappa shape index (κ1) is 17.1. The zero-order chi connectivity index (χ0) is 18.1. The van der Waals surface area contributed by atoms with Crippen LogP contribution in [-0.2, 0) is 4.79 Å². The van der Waals surface area contributed by atoms with Gasteiger partial charge in [0.25, 0.3) is 0 Å². The van der Waals surface area contributed by atoms with Gasteiger partial charge in [-0.25, -0.2) is 0 Å². The Hall–Kier alpha value is -2.38. The molecule has 1 aliphatic rings. The Morgan fingerprint density at radius 2 is 2.23 bits per heavy atom. The second-order valence-corrected chi connectivity index (χ2v) is 7.53. The van der Waals surface area contributed by atoms with Crippen LogP contribution in [0.15, 0.2) is 53.1 Å². The van der Waals surface area contributed by atoms with Crippen LogP contribution in [0.2, 0.25) is 0 Å². The van der Waals surface area contributed by atoms with E-state index in [2.05, 4.69) is 37.5 Å². The molecule has 2 atom stereocenters. The number of carbonyl (C=O) groups is 1. The van der Waals surface area contributed by atoms with Gasteiger partial charge in [0.05, 0.1) is 11.7 Å². The molecule has 1 aromatic heterocycles. The lowest BCUT2D eigenvalue weighted by atomic mass is 10.1. The summed E-state index contributed by atoms with van der Waals surface area (Å²) in [6.45, 7) is 1.37. The Morgan fingerprint density at radius 1 is 1.35 bits per heavy atom. The van der Waals surface area contributed by atoms with Crippen molar-refractivity contribution < 1.29 is 4.79 Å². The zero-order valence-corrected chi connectivity index (χ0v) is 15.7. The number of benzene rings is 2. The highest BCUT2D eigenvalue weighted by molar-refractivity contribution is 9.10. The molecule has 0 aliphatic carbocycles. The third kappa shape index (κ3) is 3.45. The van der Waals surface area contributed by atoms with E-state index in [0.717, 1.165) is 33.0 Å². The number of aromatic nitrogens is 2. The van der Waals surface area contributed by atoms with Crippen molar-refractivity contribution in [2.45, 2.75) is 18.5 Å². The van der Waals surface area contributed by atoms with Gasteiger partial charge in [0.15, 0.2) is 0 Å². The molecule has 7 heteroatoms. The molecule has 1 amide bonds. The van der Waals surface area contributed by atoms with E-state index in [1.165, 1.54) is 0 Å². The molecule has 1 saturated heterocycles. The van der Waals surface area contributed by atoms with Crippen molar-refractivity contribution in [1.29, 1.82) is 0 Å². The predicted octanol–water partition coefficient (Wildman–Crippen LogP) is 3.04. The van der Waals surface area contributed by atoms with Gasteiger partial charge < -0.3 is 16.0 Å². The van der Waals surface area contributed by atoms with E-state index in [-0.39, 0.29) is 11.9 Å². The molecule has 4 rings (SSSR count). The minimum atomic E-state index is -0.631. The maximum atomic E-state index is 12.7. The van der Waals surface area contributed by atoms with Crippen molar-refractivity contribution in [3.63, 3.8) is 0 Å². The zero-order valence-electron chi connectivity index (χ0n) is 14.2. The lowest BCUT2D eigenvalue weighted by molar-refractivity contribution is -0.131. The Kier molecular flexibility index (Phi) is 4.65. The number of anilines is 1. The standard InChI is InChI=1S/C19H20BrN5O/c20-14-3-1-2-12(8-14)18(21)19(26)25-7-6-16(11-25)23-15-4-5-17-13(9-15)10-22-24-17/h1-5,8-10,16,18,23H,6-7,11,21H2,(H,22,24). The number of rotatable bonds is 4. The highest BCUT2D eigenvalue weighted by atomic mass is 79.9. The van der Waals surface area contributed by atoms with Crippen molar-refractivity contribution in [2.24, 2.45) is 5.73 Å². The average Bonchev–Trinajstić information content (AvgIpc) is 3.29. The molecule has 0 radical (unpaired) electrons. The first-order chi connectivity index (χ1) is 12.6. The molecule has 2 aromatic carbocycles. The fraction of sp³-hybridized carbons (Fsp3) is 0.263. The fourth-order valence-electron chi connectivity index (χ4n) is 3.39. The summed E-state index contributed by atoms with van der Waals surface area (Å²) in [5, 5.41) is 11.6. The first-order valence-corrected chi connectivity index (χ1v) is 9.39. The van der Waals surface area contributed by atoms with Crippen molar-refractivity contribution in [3.05, 3.63) is 58.7 Å². The maximum absolute atomic E-state index is 12.7. The minimum absolute atomic E-state index is 0.0299. The second-order valence-electron chi connectivity index (χ2n) is 6.62. The van der Waals surface area contributed by atoms with Crippen molar-refractivity contribution >= 4 is 38.4 Å². The summed E-state index contributed by atoms with van der Waals surface area (Å²) in [5.41, 5.74) is 9.07. The molecule has 0 bridgehead atoms. The van der Waals surface area contributed by atoms with Gasteiger partial charge in [0, 0.05) is 34.7 Å². The Bertz CT molecular complexity index is 940.